The first kappa shape index (κ1) is 20.2. The number of aliphatic hydroxyl groups is 1. The number of anilines is 3. The molecule has 0 unspecified atom stereocenters. The maximum Gasteiger partial charge on any atom is 0.326 e. The molecule has 0 atom stereocenters. The summed E-state index contributed by atoms with van der Waals surface area (Å²) in [6, 6.07) is 5.76. The van der Waals surface area contributed by atoms with E-state index >= 15 is 0 Å². The minimum absolute atomic E-state index is 0.0685. The summed E-state index contributed by atoms with van der Waals surface area (Å²) in [5, 5.41) is 22.4. The number of halogens is 2. The number of H-pyrrole nitrogens is 2. The van der Waals surface area contributed by atoms with E-state index in [2.05, 4.69) is 35.8 Å². The molecule has 1 aliphatic carbocycles. The molecule has 32 heavy (non-hydrogen) atoms. The van der Waals surface area contributed by atoms with Gasteiger partial charge in [-0.25, -0.2) is 8.78 Å². The van der Waals surface area contributed by atoms with Crippen LogP contribution in [0.3, 0.4) is 0 Å². The van der Waals surface area contributed by atoms with E-state index < -0.39 is 11.6 Å². The lowest BCUT2D eigenvalue weighted by atomic mass is 10.2. The Labute approximate surface area is 181 Å². The SMILES string of the molecule is Cc1cc2c(F)c(Oc3nc(NCCO)cc(Nc4cc(C5CC5)[nH]n4)n3)cc(F)c2[nH]1. The van der Waals surface area contributed by atoms with Gasteiger partial charge in [0.25, 0.3) is 0 Å². The number of aromatic amines is 2. The van der Waals surface area contributed by atoms with Crippen molar-refractivity contribution in [2.75, 3.05) is 23.8 Å². The standard InChI is InChI=1S/C21H21F2N7O2/c1-10-6-12-19(23)15(7-13(22)20(12)25-10)32-21-27-16(24-4-5-31)9-17(28-21)26-18-8-14(29-30-18)11-2-3-11/h6-9,11,25,31H,2-5H2,1H3,(H3,24,26,27,28,29,30). The lowest BCUT2D eigenvalue weighted by Crippen LogP contribution is -2.09. The molecule has 0 spiro atoms. The summed E-state index contributed by atoms with van der Waals surface area (Å²) in [6.07, 6.45) is 2.27. The van der Waals surface area contributed by atoms with Gasteiger partial charge in [-0.1, -0.05) is 0 Å². The number of fused-ring (bicyclic) bond motifs is 1. The van der Waals surface area contributed by atoms with Crippen LogP contribution < -0.4 is 15.4 Å². The Kier molecular flexibility index (Phi) is 5.10. The number of nitrogens with one attached hydrogen (secondary N) is 4. The predicted molar refractivity (Wildman–Crippen MR) is 114 cm³/mol. The third kappa shape index (κ3) is 4.06. The number of aliphatic hydroxyl groups excluding tert-OH is 1. The molecule has 1 fully saturated rings. The fourth-order valence-corrected chi connectivity index (χ4v) is 3.45. The van der Waals surface area contributed by atoms with Crippen LogP contribution in [0.15, 0.2) is 24.3 Å². The Hall–Kier alpha value is -3.73. The van der Waals surface area contributed by atoms with Crippen molar-refractivity contribution in [2.45, 2.75) is 25.7 Å². The van der Waals surface area contributed by atoms with E-state index in [1.54, 1.807) is 13.0 Å². The van der Waals surface area contributed by atoms with Crippen molar-refractivity contribution in [2.24, 2.45) is 0 Å². The maximum absolute atomic E-state index is 14.9. The topological polar surface area (TPSA) is 124 Å². The summed E-state index contributed by atoms with van der Waals surface area (Å²) in [4.78, 5) is 11.2. The highest BCUT2D eigenvalue weighted by atomic mass is 19.1. The third-order valence-electron chi connectivity index (χ3n) is 5.10. The quantitative estimate of drug-likeness (QED) is 0.279. The van der Waals surface area contributed by atoms with Crippen LogP contribution in [0.25, 0.3) is 10.9 Å². The summed E-state index contributed by atoms with van der Waals surface area (Å²) in [7, 11) is 0. The average molecular weight is 441 g/mol. The molecule has 5 N–H and O–H groups in total. The van der Waals surface area contributed by atoms with Crippen LogP contribution >= 0.6 is 0 Å². The molecule has 3 aromatic heterocycles. The van der Waals surface area contributed by atoms with Crippen LogP contribution in [0.5, 0.6) is 11.8 Å². The molecule has 0 radical (unpaired) electrons. The summed E-state index contributed by atoms with van der Waals surface area (Å²) >= 11 is 0. The van der Waals surface area contributed by atoms with Crippen LogP contribution in [0.1, 0.15) is 30.1 Å². The van der Waals surface area contributed by atoms with Crippen molar-refractivity contribution in [1.29, 1.82) is 0 Å². The van der Waals surface area contributed by atoms with Crippen LogP contribution in [0, 0.1) is 18.6 Å². The van der Waals surface area contributed by atoms with E-state index in [0.717, 1.165) is 24.6 Å². The monoisotopic (exact) mass is 441 g/mol. The number of aromatic nitrogens is 5. The molecule has 0 amide bonds. The average Bonchev–Trinajstić information content (AvgIpc) is 3.38. The highest BCUT2D eigenvalue weighted by Crippen LogP contribution is 2.39. The second-order valence-electron chi connectivity index (χ2n) is 7.69. The molecule has 1 aliphatic rings. The summed E-state index contributed by atoms with van der Waals surface area (Å²) in [5.41, 5.74) is 1.74. The van der Waals surface area contributed by atoms with Gasteiger partial charge >= 0.3 is 6.01 Å². The van der Waals surface area contributed by atoms with Crippen molar-refractivity contribution < 1.29 is 18.6 Å². The Morgan fingerprint density at radius 2 is 1.94 bits per heavy atom. The second-order valence-corrected chi connectivity index (χ2v) is 7.69. The molecule has 9 nitrogen and oxygen atoms in total. The molecular formula is C21H21F2N7O2. The van der Waals surface area contributed by atoms with Gasteiger partial charge in [0, 0.05) is 47.4 Å². The van der Waals surface area contributed by atoms with Gasteiger partial charge in [0.05, 0.1) is 12.1 Å². The van der Waals surface area contributed by atoms with Crippen molar-refractivity contribution in [3.63, 3.8) is 0 Å². The van der Waals surface area contributed by atoms with E-state index in [1.807, 2.05) is 6.07 Å². The molecular weight excluding hydrogens is 420 g/mol. The van der Waals surface area contributed by atoms with E-state index in [9.17, 15) is 8.78 Å². The van der Waals surface area contributed by atoms with Gasteiger partial charge in [-0.05, 0) is 25.8 Å². The number of aryl methyl sites for hydroxylation is 1. The van der Waals surface area contributed by atoms with E-state index in [0.29, 0.717) is 29.1 Å². The van der Waals surface area contributed by atoms with E-state index in [-0.39, 0.29) is 35.8 Å². The summed E-state index contributed by atoms with van der Waals surface area (Å²) < 4.78 is 34.9. The zero-order valence-electron chi connectivity index (χ0n) is 17.2. The van der Waals surface area contributed by atoms with Gasteiger partial charge in [-0.2, -0.15) is 15.1 Å². The number of hydrogen-bond acceptors (Lipinski definition) is 7. The molecule has 11 heteroatoms. The van der Waals surface area contributed by atoms with E-state index in [1.165, 1.54) is 6.07 Å². The lowest BCUT2D eigenvalue weighted by Gasteiger charge is -2.11. The summed E-state index contributed by atoms with van der Waals surface area (Å²) in [5.74, 6) is 0.0308. The first-order chi connectivity index (χ1) is 15.5. The first-order valence-electron chi connectivity index (χ1n) is 10.2. The van der Waals surface area contributed by atoms with Crippen LogP contribution in [0.4, 0.5) is 26.2 Å². The summed E-state index contributed by atoms with van der Waals surface area (Å²) in [6.45, 7) is 1.83. The van der Waals surface area contributed by atoms with Crippen molar-refractivity contribution in [3.8, 4) is 11.8 Å². The predicted octanol–water partition coefficient (Wildman–Crippen LogP) is 4.09. The van der Waals surface area contributed by atoms with Gasteiger partial charge in [-0.3, -0.25) is 5.10 Å². The minimum atomic E-state index is -0.723. The number of benzene rings is 1. The van der Waals surface area contributed by atoms with Crippen molar-refractivity contribution in [1.82, 2.24) is 25.1 Å². The second kappa shape index (κ2) is 8.08. The Bertz CT molecular complexity index is 1280. The minimum Gasteiger partial charge on any atom is -0.421 e. The normalized spacial score (nSPS) is 13.5. The Morgan fingerprint density at radius 3 is 2.72 bits per heavy atom. The lowest BCUT2D eigenvalue weighted by molar-refractivity contribution is 0.311. The molecule has 3 heterocycles. The molecule has 5 rings (SSSR count). The highest BCUT2D eigenvalue weighted by Gasteiger charge is 2.25. The van der Waals surface area contributed by atoms with Crippen molar-refractivity contribution >= 4 is 28.4 Å². The zero-order chi connectivity index (χ0) is 22.2. The maximum atomic E-state index is 14.9. The number of ether oxygens (including phenoxy) is 1. The van der Waals surface area contributed by atoms with Crippen molar-refractivity contribution in [3.05, 3.63) is 47.3 Å². The third-order valence-corrected chi connectivity index (χ3v) is 5.10. The highest BCUT2D eigenvalue weighted by molar-refractivity contribution is 5.83. The smallest absolute Gasteiger partial charge is 0.326 e. The molecule has 0 saturated heterocycles. The van der Waals surface area contributed by atoms with Gasteiger partial charge in [0.15, 0.2) is 23.2 Å². The van der Waals surface area contributed by atoms with Crippen LogP contribution in [0.2, 0.25) is 0 Å². The molecule has 1 saturated carbocycles. The molecule has 1 aromatic carbocycles. The largest absolute Gasteiger partial charge is 0.421 e. The number of nitrogens with zero attached hydrogens (tertiary/aromatic N) is 3. The van der Waals surface area contributed by atoms with Gasteiger partial charge in [-0.15, -0.1) is 0 Å². The van der Waals surface area contributed by atoms with Crippen LogP contribution in [-0.4, -0.2) is 43.4 Å². The fraction of sp³-hybridized carbons (Fsp3) is 0.286. The molecule has 0 aliphatic heterocycles. The van der Waals surface area contributed by atoms with Gasteiger partial charge in [0.1, 0.15) is 11.6 Å². The van der Waals surface area contributed by atoms with E-state index in [4.69, 9.17) is 9.84 Å². The number of hydrogen-bond donors (Lipinski definition) is 5. The number of rotatable bonds is 8. The van der Waals surface area contributed by atoms with Gasteiger partial charge < -0.3 is 25.5 Å². The Morgan fingerprint density at radius 1 is 1.12 bits per heavy atom. The fourth-order valence-electron chi connectivity index (χ4n) is 3.45. The Balaban J connectivity index is 1.46. The molecule has 4 aromatic rings. The first-order valence-corrected chi connectivity index (χ1v) is 10.2. The van der Waals surface area contributed by atoms with Gasteiger partial charge in [0.2, 0.25) is 0 Å². The molecule has 166 valence electrons. The molecule has 0 bridgehead atoms. The zero-order valence-corrected chi connectivity index (χ0v) is 17.2. The van der Waals surface area contributed by atoms with Crippen LogP contribution in [-0.2, 0) is 0 Å².